The summed E-state index contributed by atoms with van der Waals surface area (Å²) in [7, 11) is 0. The first kappa shape index (κ1) is 17.9. The second kappa shape index (κ2) is 6.72. The van der Waals surface area contributed by atoms with Gasteiger partial charge < -0.3 is 20.4 Å². The fourth-order valence-electron chi connectivity index (χ4n) is 4.20. The van der Waals surface area contributed by atoms with E-state index in [-0.39, 0.29) is 23.7 Å². The third kappa shape index (κ3) is 3.08. The monoisotopic (exact) mass is 392 g/mol. The largest absolute Gasteiger partial charge is 0.367 e. The van der Waals surface area contributed by atoms with Crippen LogP contribution in [0.3, 0.4) is 0 Å². The predicted octanol–water partition coefficient (Wildman–Crippen LogP) is 1.95. The quantitative estimate of drug-likeness (QED) is 0.812. The first-order chi connectivity index (χ1) is 14.0. The van der Waals surface area contributed by atoms with Crippen molar-refractivity contribution in [3.05, 3.63) is 35.7 Å². The Morgan fingerprint density at radius 3 is 1.76 bits per heavy atom. The summed E-state index contributed by atoms with van der Waals surface area (Å²) < 4.78 is 0. The van der Waals surface area contributed by atoms with E-state index >= 15 is 0 Å². The average molecular weight is 392 g/mol. The topological polar surface area (TPSA) is 90.5 Å². The number of pyridine rings is 2. The third-order valence-electron chi connectivity index (χ3n) is 5.80. The van der Waals surface area contributed by atoms with Crippen molar-refractivity contribution in [3.63, 3.8) is 0 Å². The van der Waals surface area contributed by atoms with Crippen molar-refractivity contribution < 1.29 is 9.59 Å². The first-order valence-electron chi connectivity index (χ1n) is 10.1. The number of anilines is 4. The van der Waals surface area contributed by atoms with Crippen LogP contribution < -0.4 is 20.4 Å². The van der Waals surface area contributed by atoms with E-state index in [2.05, 4.69) is 20.6 Å². The van der Waals surface area contributed by atoms with Crippen LogP contribution in [-0.2, 0) is 9.59 Å². The van der Waals surface area contributed by atoms with Gasteiger partial charge >= 0.3 is 0 Å². The van der Waals surface area contributed by atoms with Gasteiger partial charge in [0.25, 0.3) is 0 Å². The second-order valence-corrected chi connectivity index (χ2v) is 8.04. The maximum absolute atomic E-state index is 13.2. The van der Waals surface area contributed by atoms with Crippen LogP contribution in [0.1, 0.15) is 17.5 Å². The molecule has 1 aliphatic carbocycles. The number of rotatable bonds is 2. The molecular weight excluding hydrogens is 368 g/mol. The molecule has 8 heteroatoms. The number of nitrogens with one attached hydrogen (secondary N) is 2. The Morgan fingerprint density at radius 2 is 1.31 bits per heavy atom. The van der Waals surface area contributed by atoms with Crippen molar-refractivity contribution in [3.8, 4) is 0 Å². The molecule has 4 heterocycles. The van der Waals surface area contributed by atoms with Gasteiger partial charge in [-0.05, 0) is 43.5 Å². The van der Waals surface area contributed by atoms with E-state index in [0.29, 0.717) is 32.6 Å². The number of hydrogen-bond donors (Lipinski definition) is 2. The SMILES string of the molecule is Cc1cnc2c(c1)N(C(=O)C1CC1C(=O)N1CCNc3ncc(C)cc31)CCN2. The number of aryl methyl sites for hydroxylation is 2. The number of hydrogen-bond acceptors (Lipinski definition) is 6. The molecule has 3 aliphatic rings. The summed E-state index contributed by atoms with van der Waals surface area (Å²) in [6, 6.07) is 3.96. The summed E-state index contributed by atoms with van der Waals surface area (Å²) in [4.78, 5) is 38.8. The van der Waals surface area contributed by atoms with Crippen LogP contribution in [0.15, 0.2) is 24.5 Å². The Hall–Kier alpha value is -3.16. The van der Waals surface area contributed by atoms with Crippen molar-refractivity contribution in [1.82, 2.24) is 9.97 Å². The Labute approximate surface area is 169 Å². The predicted molar refractivity (Wildman–Crippen MR) is 111 cm³/mol. The van der Waals surface area contributed by atoms with Crippen molar-refractivity contribution in [2.45, 2.75) is 20.3 Å². The minimum atomic E-state index is -0.259. The van der Waals surface area contributed by atoms with Crippen LogP contribution in [0.25, 0.3) is 0 Å². The van der Waals surface area contributed by atoms with Crippen LogP contribution in [-0.4, -0.2) is 48.0 Å². The summed E-state index contributed by atoms with van der Waals surface area (Å²) in [6.45, 7) is 6.44. The molecule has 0 spiro atoms. The molecule has 2 aliphatic heterocycles. The van der Waals surface area contributed by atoms with Crippen molar-refractivity contribution >= 4 is 34.8 Å². The van der Waals surface area contributed by atoms with Crippen molar-refractivity contribution in [1.29, 1.82) is 0 Å². The average Bonchev–Trinajstić information content (AvgIpc) is 3.52. The maximum atomic E-state index is 13.2. The highest BCUT2D eigenvalue weighted by Crippen LogP contribution is 2.44. The van der Waals surface area contributed by atoms with Crippen molar-refractivity contribution in [2.75, 3.05) is 46.6 Å². The highest BCUT2D eigenvalue weighted by Gasteiger charge is 2.52. The number of carbonyl (C=O) groups excluding carboxylic acids is 2. The number of carbonyl (C=O) groups is 2. The normalized spacial score (nSPS) is 22.1. The number of aromatic nitrogens is 2. The zero-order valence-electron chi connectivity index (χ0n) is 16.6. The van der Waals surface area contributed by atoms with Crippen LogP contribution in [0.4, 0.5) is 23.0 Å². The summed E-state index contributed by atoms with van der Waals surface area (Å²) in [5.41, 5.74) is 3.64. The zero-order valence-corrected chi connectivity index (χ0v) is 16.6. The smallest absolute Gasteiger partial charge is 0.231 e. The molecule has 2 unspecified atom stereocenters. The molecule has 8 nitrogen and oxygen atoms in total. The molecule has 2 aromatic rings. The summed E-state index contributed by atoms with van der Waals surface area (Å²) in [6.07, 6.45) is 4.19. The number of amides is 2. The number of nitrogens with zero attached hydrogens (tertiary/aromatic N) is 4. The van der Waals surface area contributed by atoms with Crippen LogP contribution in [0, 0.1) is 25.7 Å². The lowest BCUT2D eigenvalue weighted by Gasteiger charge is -2.31. The van der Waals surface area contributed by atoms with E-state index in [0.717, 1.165) is 34.1 Å². The highest BCUT2D eigenvalue weighted by atomic mass is 16.2. The lowest BCUT2D eigenvalue weighted by molar-refractivity contribution is -0.124. The number of fused-ring (bicyclic) bond motifs is 2. The molecular formula is C21H24N6O2. The van der Waals surface area contributed by atoms with Gasteiger partial charge in [0, 0.05) is 38.6 Å². The minimum Gasteiger partial charge on any atom is -0.367 e. The van der Waals surface area contributed by atoms with E-state index in [9.17, 15) is 9.59 Å². The standard InChI is InChI=1S/C21H24N6O2/c1-12-7-16-18(24-10-12)22-3-5-26(16)20(28)14-9-15(14)21(29)27-6-4-23-19-17(27)8-13(2)11-25-19/h7-8,10-11,14-15H,3-6,9H2,1-2H3,(H,22,24)(H,23,25). The van der Waals surface area contributed by atoms with E-state index < -0.39 is 0 Å². The fourth-order valence-corrected chi connectivity index (χ4v) is 4.20. The second-order valence-electron chi connectivity index (χ2n) is 8.04. The van der Waals surface area contributed by atoms with Crippen LogP contribution in [0.5, 0.6) is 0 Å². The minimum absolute atomic E-state index is 0.0243. The molecule has 0 aromatic carbocycles. The lowest BCUT2D eigenvalue weighted by atomic mass is 10.1. The maximum Gasteiger partial charge on any atom is 0.231 e. The van der Waals surface area contributed by atoms with E-state index in [1.165, 1.54) is 0 Å². The van der Waals surface area contributed by atoms with Gasteiger partial charge in [-0.15, -0.1) is 0 Å². The Kier molecular flexibility index (Phi) is 4.15. The summed E-state index contributed by atoms with van der Waals surface area (Å²) >= 11 is 0. The molecule has 29 heavy (non-hydrogen) atoms. The Morgan fingerprint density at radius 1 is 0.862 bits per heavy atom. The van der Waals surface area contributed by atoms with Gasteiger partial charge in [0.15, 0.2) is 0 Å². The molecule has 1 fully saturated rings. The molecule has 2 N–H and O–H groups in total. The Balaban J connectivity index is 1.35. The lowest BCUT2D eigenvalue weighted by Crippen LogP contribution is -2.43. The van der Waals surface area contributed by atoms with Gasteiger partial charge in [-0.2, -0.15) is 0 Å². The summed E-state index contributed by atoms with van der Waals surface area (Å²) in [5.74, 6) is 0.996. The molecule has 150 valence electrons. The molecule has 0 saturated heterocycles. The fraction of sp³-hybridized carbons (Fsp3) is 0.429. The van der Waals surface area contributed by atoms with E-state index in [1.54, 1.807) is 22.2 Å². The van der Waals surface area contributed by atoms with Crippen LogP contribution in [0.2, 0.25) is 0 Å². The van der Waals surface area contributed by atoms with Gasteiger partial charge in [0.2, 0.25) is 11.8 Å². The van der Waals surface area contributed by atoms with Gasteiger partial charge in [0.1, 0.15) is 11.6 Å². The van der Waals surface area contributed by atoms with Gasteiger partial charge in [-0.25, -0.2) is 9.97 Å². The van der Waals surface area contributed by atoms with Crippen LogP contribution >= 0.6 is 0 Å². The van der Waals surface area contributed by atoms with Gasteiger partial charge in [0.05, 0.1) is 23.2 Å². The molecule has 0 radical (unpaired) electrons. The highest BCUT2D eigenvalue weighted by molar-refractivity contribution is 6.07. The van der Waals surface area contributed by atoms with Gasteiger partial charge in [-0.3, -0.25) is 9.59 Å². The van der Waals surface area contributed by atoms with Gasteiger partial charge in [-0.1, -0.05) is 0 Å². The third-order valence-corrected chi connectivity index (χ3v) is 5.80. The van der Waals surface area contributed by atoms with E-state index in [1.807, 2.05) is 26.0 Å². The first-order valence-corrected chi connectivity index (χ1v) is 10.1. The zero-order chi connectivity index (χ0) is 20.1. The molecule has 2 aromatic heterocycles. The molecule has 0 bridgehead atoms. The van der Waals surface area contributed by atoms with E-state index in [4.69, 9.17) is 0 Å². The summed E-state index contributed by atoms with van der Waals surface area (Å²) in [5, 5.41) is 6.48. The molecule has 2 atom stereocenters. The Bertz CT molecular complexity index is 927. The molecule has 1 saturated carbocycles. The van der Waals surface area contributed by atoms with Crippen molar-refractivity contribution in [2.24, 2.45) is 11.8 Å². The molecule has 5 rings (SSSR count). The molecule has 2 amide bonds.